The largest absolute Gasteiger partial charge is 0.344 e. The van der Waals surface area contributed by atoms with Crippen molar-refractivity contribution in [3.8, 4) is 0 Å². The number of carbonyl (C=O) groups excluding carboxylic acids is 2. The standard InChI is InChI=1S/C11H11BrN2O2/c12-7-2-1-3-8(6-7)13-11(16)9-4-5-10(15)14-9/h1-3,6,9H,4-5H2,(H,13,16)(H,14,15)/t9-/m1/s1. The molecule has 0 bridgehead atoms. The van der Waals surface area contributed by atoms with E-state index in [0.717, 1.165) is 10.2 Å². The molecule has 16 heavy (non-hydrogen) atoms. The second-order valence-electron chi connectivity index (χ2n) is 3.66. The van der Waals surface area contributed by atoms with Gasteiger partial charge in [-0.15, -0.1) is 0 Å². The molecule has 0 saturated carbocycles. The summed E-state index contributed by atoms with van der Waals surface area (Å²) in [6, 6.07) is 6.94. The van der Waals surface area contributed by atoms with Gasteiger partial charge in [-0.05, 0) is 24.6 Å². The minimum atomic E-state index is -0.397. The summed E-state index contributed by atoms with van der Waals surface area (Å²) in [5.74, 6) is -0.224. The lowest BCUT2D eigenvalue weighted by molar-refractivity contribution is -0.122. The van der Waals surface area contributed by atoms with Crippen LogP contribution in [0.3, 0.4) is 0 Å². The van der Waals surface area contributed by atoms with E-state index >= 15 is 0 Å². The van der Waals surface area contributed by atoms with E-state index in [0.29, 0.717) is 12.8 Å². The van der Waals surface area contributed by atoms with E-state index in [2.05, 4.69) is 26.6 Å². The molecule has 1 saturated heterocycles. The summed E-state index contributed by atoms with van der Waals surface area (Å²) >= 11 is 3.32. The van der Waals surface area contributed by atoms with Gasteiger partial charge in [0.15, 0.2) is 0 Å². The van der Waals surface area contributed by atoms with Crippen LogP contribution < -0.4 is 10.6 Å². The lowest BCUT2D eigenvalue weighted by Crippen LogP contribution is -2.37. The molecule has 4 nitrogen and oxygen atoms in total. The molecule has 0 spiro atoms. The van der Waals surface area contributed by atoms with Crippen molar-refractivity contribution in [2.45, 2.75) is 18.9 Å². The molecule has 1 aliphatic rings. The molecule has 1 aromatic carbocycles. The van der Waals surface area contributed by atoms with Crippen molar-refractivity contribution in [1.29, 1.82) is 0 Å². The smallest absolute Gasteiger partial charge is 0.246 e. The van der Waals surface area contributed by atoms with Crippen molar-refractivity contribution in [3.05, 3.63) is 28.7 Å². The van der Waals surface area contributed by atoms with E-state index in [1.54, 1.807) is 6.07 Å². The number of nitrogens with one attached hydrogen (secondary N) is 2. The average Bonchev–Trinajstić information content (AvgIpc) is 2.65. The van der Waals surface area contributed by atoms with Crippen molar-refractivity contribution >= 4 is 33.4 Å². The van der Waals surface area contributed by atoms with E-state index in [9.17, 15) is 9.59 Å². The summed E-state index contributed by atoms with van der Waals surface area (Å²) in [6.07, 6.45) is 0.995. The molecular formula is C11H11BrN2O2. The van der Waals surface area contributed by atoms with Crippen LogP contribution in [0.4, 0.5) is 5.69 Å². The maximum atomic E-state index is 11.7. The molecule has 0 radical (unpaired) electrons. The average molecular weight is 283 g/mol. The normalized spacial score (nSPS) is 19.3. The third kappa shape index (κ3) is 2.61. The Balaban J connectivity index is 1.99. The summed E-state index contributed by atoms with van der Waals surface area (Å²) in [5, 5.41) is 5.39. The first-order valence-electron chi connectivity index (χ1n) is 5.01. The van der Waals surface area contributed by atoms with Crippen molar-refractivity contribution < 1.29 is 9.59 Å². The molecule has 2 amide bonds. The number of hydrogen-bond donors (Lipinski definition) is 2. The fourth-order valence-electron chi connectivity index (χ4n) is 1.61. The van der Waals surface area contributed by atoms with Gasteiger partial charge in [0.25, 0.3) is 0 Å². The van der Waals surface area contributed by atoms with Crippen LogP contribution in [0.5, 0.6) is 0 Å². The Hall–Kier alpha value is -1.36. The topological polar surface area (TPSA) is 58.2 Å². The summed E-state index contributed by atoms with van der Waals surface area (Å²) in [5.41, 5.74) is 0.723. The summed E-state index contributed by atoms with van der Waals surface area (Å²) in [4.78, 5) is 22.7. The molecule has 2 rings (SSSR count). The molecule has 1 atom stereocenters. The molecular weight excluding hydrogens is 272 g/mol. The molecule has 1 aromatic rings. The Morgan fingerprint density at radius 1 is 1.50 bits per heavy atom. The number of halogens is 1. The molecule has 1 heterocycles. The zero-order valence-electron chi connectivity index (χ0n) is 8.50. The molecule has 5 heteroatoms. The van der Waals surface area contributed by atoms with Crippen molar-refractivity contribution in [1.82, 2.24) is 5.32 Å². The lowest BCUT2D eigenvalue weighted by atomic mass is 10.2. The van der Waals surface area contributed by atoms with E-state index in [1.165, 1.54) is 0 Å². The lowest BCUT2D eigenvalue weighted by Gasteiger charge is -2.10. The molecule has 0 aliphatic carbocycles. The minimum absolute atomic E-state index is 0.0607. The third-order valence-electron chi connectivity index (χ3n) is 2.40. The molecule has 0 aromatic heterocycles. The predicted octanol–water partition coefficient (Wildman–Crippen LogP) is 1.67. The first-order valence-corrected chi connectivity index (χ1v) is 5.80. The van der Waals surface area contributed by atoms with Gasteiger partial charge in [-0.3, -0.25) is 9.59 Å². The maximum absolute atomic E-state index is 11.7. The highest BCUT2D eigenvalue weighted by atomic mass is 79.9. The number of benzene rings is 1. The predicted molar refractivity (Wildman–Crippen MR) is 63.9 cm³/mol. The van der Waals surface area contributed by atoms with Crippen molar-refractivity contribution in [3.63, 3.8) is 0 Å². The van der Waals surface area contributed by atoms with Crippen LogP contribution in [0.25, 0.3) is 0 Å². The quantitative estimate of drug-likeness (QED) is 0.867. The van der Waals surface area contributed by atoms with Crippen LogP contribution >= 0.6 is 15.9 Å². The van der Waals surface area contributed by atoms with Crippen molar-refractivity contribution in [2.75, 3.05) is 5.32 Å². The molecule has 1 fully saturated rings. The number of rotatable bonds is 2. The van der Waals surface area contributed by atoms with Gasteiger partial charge in [-0.25, -0.2) is 0 Å². The van der Waals surface area contributed by atoms with E-state index in [4.69, 9.17) is 0 Å². The van der Waals surface area contributed by atoms with Gasteiger partial charge in [-0.1, -0.05) is 22.0 Å². The zero-order valence-corrected chi connectivity index (χ0v) is 10.1. The Morgan fingerprint density at radius 2 is 2.31 bits per heavy atom. The van der Waals surface area contributed by atoms with Crippen LogP contribution in [-0.4, -0.2) is 17.9 Å². The Labute approximate surface area is 102 Å². The SMILES string of the molecule is O=C1CC[C@H](C(=O)Nc2cccc(Br)c2)N1. The van der Waals surface area contributed by atoms with Crippen LogP contribution in [0.15, 0.2) is 28.7 Å². The minimum Gasteiger partial charge on any atom is -0.344 e. The summed E-state index contributed by atoms with van der Waals surface area (Å²) in [6.45, 7) is 0. The fourth-order valence-corrected chi connectivity index (χ4v) is 2.01. The number of carbonyl (C=O) groups is 2. The molecule has 84 valence electrons. The molecule has 1 aliphatic heterocycles. The highest BCUT2D eigenvalue weighted by Crippen LogP contribution is 2.16. The van der Waals surface area contributed by atoms with Gasteiger partial charge in [-0.2, -0.15) is 0 Å². The van der Waals surface area contributed by atoms with Crippen LogP contribution in [0, 0.1) is 0 Å². The number of hydrogen-bond acceptors (Lipinski definition) is 2. The van der Waals surface area contributed by atoms with Crippen molar-refractivity contribution in [2.24, 2.45) is 0 Å². The van der Waals surface area contributed by atoms with Gasteiger partial charge >= 0.3 is 0 Å². The maximum Gasteiger partial charge on any atom is 0.246 e. The highest BCUT2D eigenvalue weighted by molar-refractivity contribution is 9.10. The Kier molecular flexibility index (Phi) is 3.24. The van der Waals surface area contributed by atoms with Gasteiger partial charge in [0.1, 0.15) is 6.04 Å². The van der Waals surface area contributed by atoms with Gasteiger partial charge in [0.05, 0.1) is 0 Å². The number of amides is 2. The van der Waals surface area contributed by atoms with Gasteiger partial charge in [0, 0.05) is 16.6 Å². The molecule has 2 N–H and O–H groups in total. The fraction of sp³-hybridized carbons (Fsp3) is 0.273. The van der Waals surface area contributed by atoms with Gasteiger partial charge in [0.2, 0.25) is 11.8 Å². The van der Waals surface area contributed by atoms with Gasteiger partial charge < -0.3 is 10.6 Å². The second-order valence-corrected chi connectivity index (χ2v) is 4.57. The van der Waals surface area contributed by atoms with Crippen LogP contribution in [0.1, 0.15) is 12.8 Å². The van der Waals surface area contributed by atoms with E-state index in [-0.39, 0.29) is 11.8 Å². The molecule has 0 unspecified atom stereocenters. The first kappa shape index (κ1) is 11.1. The summed E-state index contributed by atoms with van der Waals surface area (Å²) in [7, 11) is 0. The Bertz CT molecular complexity index is 434. The Morgan fingerprint density at radius 3 is 2.94 bits per heavy atom. The third-order valence-corrected chi connectivity index (χ3v) is 2.90. The zero-order chi connectivity index (χ0) is 11.5. The first-order chi connectivity index (χ1) is 7.65. The summed E-state index contributed by atoms with van der Waals surface area (Å²) < 4.78 is 0.903. The monoisotopic (exact) mass is 282 g/mol. The van der Waals surface area contributed by atoms with E-state index < -0.39 is 6.04 Å². The van der Waals surface area contributed by atoms with Crippen LogP contribution in [-0.2, 0) is 9.59 Å². The highest BCUT2D eigenvalue weighted by Gasteiger charge is 2.26. The van der Waals surface area contributed by atoms with E-state index in [1.807, 2.05) is 18.2 Å². The second kappa shape index (κ2) is 4.65. The number of anilines is 1. The van der Waals surface area contributed by atoms with Crippen LogP contribution in [0.2, 0.25) is 0 Å².